The highest BCUT2D eigenvalue weighted by Gasteiger charge is 2.24. The Morgan fingerprint density at radius 1 is 1.53 bits per heavy atom. The average molecular weight is 261 g/mol. The second-order valence-electron chi connectivity index (χ2n) is 5.36. The van der Waals surface area contributed by atoms with Gasteiger partial charge < -0.3 is 10.3 Å². The number of halogens is 1. The van der Waals surface area contributed by atoms with Gasteiger partial charge >= 0.3 is 0 Å². The summed E-state index contributed by atoms with van der Waals surface area (Å²) in [7, 11) is 0. The Kier molecular flexibility index (Phi) is 4.52. The maximum Gasteiger partial charge on any atom is 0.240 e. The molecule has 5 nitrogen and oxygen atoms in total. The van der Waals surface area contributed by atoms with Gasteiger partial charge in [-0.3, -0.25) is 4.90 Å². The number of nitrogens with zero attached hydrogens (tertiary/aromatic N) is 3. The summed E-state index contributed by atoms with van der Waals surface area (Å²) in [6.45, 7) is 8.99. The molecule has 1 unspecified atom stereocenters. The third-order valence-electron chi connectivity index (χ3n) is 2.91. The van der Waals surface area contributed by atoms with E-state index in [4.69, 9.17) is 10.3 Å². The molecule has 0 spiro atoms. The monoisotopic (exact) mass is 260 g/mol. The third-order valence-corrected chi connectivity index (χ3v) is 2.91. The summed E-state index contributed by atoms with van der Waals surface area (Å²) in [5.74, 6) is 2.02. The summed E-state index contributed by atoms with van der Waals surface area (Å²) < 4.78 is 5.21. The lowest BCUT2D eigenvalue weighted by Gasteiger charge is -2.12. The van der Waals surface area contributed by atoms with Gasteiger partial charge in [0.2, 0.25) is 5.89 Å². The van der Waals surface area contributed by atoms with Crippen molar-refractivity contribution in [3.63, 3.8) is 0 Å². The van der Waals surface area contributed by atoms with Crippen LogP contribution in [0.4, 0.5) is 0 Å². The Morgan fingerprint density at radius 3 is 2.71 bits per heavy atom. The smallest absolute Gasteiger partial charge is 0.240 e. The van der Waals surface area contributed by atoms with E-state index in [1.54, 1.807) is 0 Å². The van der Waals surface area contributed by atoms with E-state index in [0.29, 0.717) is 11.7 Å². The largest absolute Gasteiger partial charge is 0.338 e. The van der Waals surface area contributed by atoms with Crippen LogP contribution in [0.5, 0.6) is 0 Å². The van der Waals surface area contributed by atoms with Crippen LogP contribution >= 0.6 is 12.4 Å². The molecule has 0 aliphatic carbocycles. The molecular formula is C11H21ClN4O. The molecular weight excluding hydrogens is 240 g/mol. The molecule has 1 aliphatic heterocycles. The molecule has 1 atom stereocenters. The van der Waals surface area contributed by atoms with E-state index in [9.17, 15) is 0 Å². The zero-order valence-corrected chi connectivity index (χ0v) is 11.5. The van der Waals surface area contributed by atoms with Crippen LogP contribution in [0, 0.1) is 5.92 Å². The predicted molar refractivity (Wildman–Crippen MR) is 67.8 cm³/mol. The highest BCUT2D eigenvalue weighted by Crippen LogP contribution is 2.18. The Labute approximate surface area is 108 Å². The summed E-state index contributed by atoms with van der Waals surface area (Å²) in [6, 6.07) is 0. The van der Waals surface area contributed by atoms with Crippen molar-refractivity contribution in [2.24, 2.45) is 11.7 Å². The van der Waals surface area contributed by atoms with Crippen LogP contribution in [0.3, 0.4) is 0 Å². The van der Waals surface area contributed by atoms with Crippen molar-refractivity contribution >= 4 is 12.4 Å². The van der Waals surface area contributed by atoms with Crippen LogP contribution in [0.2, 0.25) is 0 Å². The molecule has 1 fully saturated rings. The standard InChI is InChI=1S/C11H20N4O.ClH/c1-8-4-5-15(6-8)7-9-13-10(14-16-9)11(2,3)12;/h8H,4-7,12H2,1-3H3;1H. The van der Waals surface area contributed by atoms with Gasteiger partial charge in [-0.1, -0.05) is 12.1 Å². The number of likely N-dealkylation sites (tertiary alicyclic amines) is 1. The molecule has 1 aliphatic rings. The van der Waals surface area contributed by atoms with Gasteiger partial charge in [0.05, 0.1) is 12.1 Å². The molecule has 0 bridgehead atoms. The van der Waals surface area contributed by atoms with E-state index in [1.165, 1.54) is 6.42 Å². The van der Waals surface area contributed by atoms with E-state index in [-0.39, 0.29) is 12.4 Å². The molecule has 0 radical (unpaired) electrons. The fraction of sp³-hybridized carbons (Fsp3) is 0.818. The van der Waals surface area contributed by atoms with Crippen molar-refractivity contribution in [3.8, 4) is 0 Å². The van der Waals surface area contributed by atoms with Crippen LogP contribution in [0.25, 0.3) is 0 Å². The first-order valence-electron chi connectivity index (χ1n) is 5.79. The van der Waals surface area contributed by atoms with Crippen LogP contribution < -0.4 is 5.73 Å². The fourth-order valence-electron chi connectivity index (χ4n) is 1.94. The Balaban J connectivity index is 0.00000144. The van der Waals surface area contributed by atoms with Gasteiger partial charge in [0.1, 0.15) is 0 Å². The van der Waals surface area contributed by atoms with Gasteiger partial charge in [-0.05, 0) is 32.7 Å². The summed E-state index contributed by atoms with van der Waals surface area (Å²) in [5.41, 5.74) is 5.37. The molecule has 0 aromatic carbocycles. The number of aromatic nitrogens is 2. The second kappa shape index (κ2) is 5.33. The zero-order chi connectivity index (χ0) is 11.8. The average Bonchev–Trinajstić information content (AvgIpc) is 2.74. The minimum Gasteiger partial charge on any atom is -0.338 e. The minimum absolute atomic E-state index is 0. The van der Waals surface area contributed by atoms with Crippen molar-refractivity contribution in [2.45, 2.75) is 39.3 Å². The molecule has 1 saturated heterocycles. The van der Waals surface area contributed by atoms with Crippen LogP contribution in [0.15, 0.2) is 4.52 Å². The SMILES string of the molecule is CC1CCN(Cc2nc(C(C)(C)N)no2)C1.Cl. The minimum atomic E-state index is -0.528. The van der Waals surface area contributed by atoms with Gasteiger partial charge in [-0.15, -0.1) is 12.4 Å². The molecule has 1 aromatic rings. The topological polar surface area (TPSA) is 68.2 Å². The lowest BCUT2D eigenvalue weighted by Crippen LogP contribution is -2.30. The first-order chi connectivity index (χ1) is 7.45. The van der Waals surface area contributed by atoms with Crippen LogP contribution in [0.1, 0.15) is 38.9 Å². The van der Waals surface area contributed by atoms with Crippen LogP contribution in [-0.4, -0.2) is 28.1 Å². The van der Waals surface area contributed by atoms with E-state index < -0.39 is 5.54 Å². The number of hydrogen-bond acceptors (Lipinski definition) is 5. The van der Waals surface area contributed by atoms with Crippen molar-refractivity contribution in [1.82, 2.24) is 15.0 Å². The first kappa shape index (κ1) is 14.4. The van der Waals surface area contributed by atoms with E-state index in [0.717, 1.165) is 25.6 Å². The molecule has 2 N–H and O–H groups in total. The highest BCUT2D eigenvalue weighted by molar-refractivity contribution is 5.85. The van der Waals surface area contributed by atoms with Gasteiger partial charge in [0.25, 0.3) is 0 Å². The molecule has 2 rings (SSSR count). The number of rotatable bonds is 3. The normalized spacial score (nSPS) is 21.5. The summed E-state index contributed by atoms with van der Waals surface area (Å²) >= 11 is 0. The maximum atomic E-state index is 5.90. The van der Waals surface area contributed by atoms with E-state index in [1.807, 2.05) is 13.8 Å². The highest BCUT2D eigenvalue weighted by atomic mass is 35.5. The van der Waals surface area contributed by atoms with Crippen molar-refractivity contribution < 1.29 is 4.52 Å². The molecule has 98 valence electrons. The van der Waals surface area contributed by atoms with Crippen molar-refractivity contribution in [2.75, 3.05) is 13.1 Å². The number of nitrogens with two attached hydrogens (primary N) is 1. The Morgan fingerprint density at radius 2 is 2.24 bits per heavy atom. The van der Waals surface area contributed by atoms with Gasteiger partial charge in [-0.2, -0.15) is 4.98 Å². The maximum absolute atomic E-state index is 5.90. The molecule has 1 aromatic heterocycles. The summed E-state index contributed by atoms with van der Waals surface area (Å²) in [4.78, 5) is 6.66. The quantitative estimate of drug-likeness (QED) is 0.893. The summed E-state index contributed by atoms with van der Waals surface area (Å²) in [5, 5.41) is 3.91. The molecule has 6 heteroatoms. The first-order valence-corrected chi connectivity index (χ1v) is 5.79. The van der Waals surface area contributed by atoms with E-state index in [2.05, 4.69) is 22.0 Å². The van der Waals surface area contributed by atoms with Gasteiger partial charge in [0, 0.05) is 6.54 Å². The number of hydrogen-bond donors (Lipinski definition) is 1. The summed E-state index contributed by atoms with van der Waals surface area (Å²) in [6.07, 6.45) is 1.25. The Bertz CT molecular complexity index is 361. The lowest BCUT2D eigenvalue weighted by molar-refractivity contribution is 0.260. The Hall–Kier alpha value is -0.650. The molecule has 2 heterocycles. The molecule has 0 amide bonds. The lowest BCUT2D eigenvalue weighted by atomic mass is 10.1. The van der Waals surface area contributed by atoms with Crippen molar-refractivity contribution in [3.05, 3.63) is 11.7 Å². The van der Waals surface area contributed by atoms with Crippen molar-refractivity contribution in [1.29, 1.82) is 0 Å². The zero-order valence-electron chi connectivity index (χ0n) is 10.6. The third kappa shape index (κ3) is 3.66. The van der Waals surface area contributed by atoms with Gasteiger partial charge in [0.15, 0.2) is 5.82 Å². The second-order valence-corrected chi connectivity index (χ2v) is 5.36. The van der Waals surface area contributed by atoms with Gasteiger partial charge in [-0.25, -0.2) is 0 Å². The molecule has 17 heavy (non-hydrogen) atoms. The fourth-order valence-corrected chi connectivity index (χ4v) is 1.94. The van der Waals surface area contributed by atoms with E-state index >= 15 is 0 Å². The van der Waals surface area contributed by atoms with Crippen LogP contribution in [-0.2, 0) is 12.1 Å². The predicted octanol–water partition coefficient (Wildman–Crippen LogP) is 1.53. The molecule has 0 saturated carbocycles.